The number of halogens is 1. The Balaban J connectivity index is 2.93. The van der Waals surface area contributed by atoms with Crippen LogP contribution in [0.25, 0.3) is 0 Å². The number of aliphatic carboxylic acids is 1. The molecule has 0 saturated heterocycles. The molecule has 1 aromatic rings. The minimum Gasteiger partial charge on any atom is -0.481 e. The van der Waals surface area contributed by atoms with Gasteiger partial charge in [-0.05, 0) is 0 Å². The number of nitrogens with zero attached hydrogens (tertiary/aromatic N) is 2. The summed E-state index contributed by atoms with van der Waals surface area (Å²) >= 11 is 5.45. The molecule has 0 aromatic carbocycles. The van der Waals surface area contributed by atoms with Gasteiger partial charge in [-0.25, -0.2) is 4.98 Å². The minimum atomic E-state index is -1.00. The lowest BCUT2D eigenvalue weighted by Gasteiger charge is -1.99. The van der Waals surface area contributed by atoms with Crippen LogP contribution < -0.4 is 5.73 Å². The second-order valence-electron chi connectivity index (χ2n) is 2.10. The molecule has 0 fully saturated rings. The predicted molar refractivity (Wildman–Crippen MR) is 42.8 cm³/mol. The number of nitrogens with two attached hydrogens (primary N) is 1. The Kier molecular flexibility index (Phi) is 2.44. The van der Waals surface area contributed by atoms with E-state index in [1.165, 1.54) is 6.20 Å². The Bertz CT molecular complexity index is 316. The highest BCUT2D eigenvalue weighted by Crippen LogP contribution is 2.09. The molecule has 6 heteroatoms. The number of aromatic nitrogens is 2. The molecule has 64 valence electrons. The van der Waals surface area contributed by atoms with E-state index in [1.807, 2.05) is 0 Å². The van der Waals surface area contributed by atoms with Gasteiger partial charge >= 0.3 is 5.97 Å². The molecular weight excluding hydrogens is 182 g/mol. The van der Waals surface area contributed by atoms with E-state index in [0.29, 0.717) is 0 Å². The molecule has 0 unspecified atom stereocenters. The number of carbonyl (C=O) groups is 1. The second-order valence-corrected chi connectivity index (χ2v) is 2.48. The van der Waals surface area contributed by atoms with E-state index in [-0.39, 0.29) is 23.1 Å². The Hall–Kier alpha value is -1.36. The number of hydrogen-bond donors (Lipinski definition) is 2. The van der Waals surface area contributed by atoms with E-state index in [4.69, 9.17) is 22.4 Å². The van der Waals surface area contributed by atoms with E-state index < -0.39 is 5.97 Å². The highest BCUT2D eigenvalue weighted by Gasteiger charge is 2.07. The number of rotatable bonds is 2. The van der Waals surface area contributed by atoms with E-state index in [2.05, 4.69) is 9.97 Å². The van der Waals surface area contributed by atoms with Crippen molar-refractivity contribution in [3.8, 4) is 0 Å². The molecule has 5 nitrogen and oxygen atoms in total. The van der Waals surface area contributed by atoms with E-state index in [0.717, 1.165) is 0 Å². The average molecular weight is 188 g/mol. The largest absolute Gasteiger partial charge is 0.481 e. The Morgan fingerprint density at radius 3 is 2.92 bits per heavy atom. The lowest BCUT2D eigenvalue weighted by atomic mass is 10.3. The first-order valence-electron chi connectivity index (χ1n) is 3.08. The predicted octanol–water partition coefficient (Wildman–Crippen LogP) is 0.339. The van der Waals surface area contributed by atoms with Crippen molar-refractivity contribution in [1.82, 2.24) is 9.97 Å². The fourth-order valence-corrected chi connectivity index (χ4v) is 0.825. The van der Waals surface area contributed by atoms with Crippen LogP contribution in [0.15, 0.2) is 6.20 Å². The number of carboxylic acids is 1. The third-order valence-corrected chi connectivity index (χ3v) is 1.35. The van der Waals surface area contributed by atoms with E-state index >= 15 is 0 Å². The van der Waals surface area contributed by atoms with Gasteiger partial charge in [0.2, 0.25) is 0 Å². The number of carboxylic acid groups (broad SMARTS) is 1. The molecule has 0 saturated carbocycles. The van der Waals surface area contributed by atoms with Crippen molar-refractivity contribution in [3.05, 3.63) is 17.0 Å². The molecular formula is C6H6ClN3O2. The summed E-state index contributed by atoms with van der Waals surface area (Å²) in [7, 11) is 0. The van der Waals surface area contributed by atoms with Crippen molar-refractivity contribution in [2.24, 2.45) is 0 Å². The van der Waals surface area contributed by atoms with Crippen molar-refractivity contribution in [2.75, 3.05) is 5.73 Å². The SMILES string of the molecule is Nc1nc(Cl)cnc1CC(=O)O. The van der Waals surface area contributed by atoms with Crippen LogP contribution in [0, 0.1) is 0 Å². The standard InChI is InChI=1S/C6H6ClN3O2/c7-4-2-9-3(1-5(11)12)6(8)10-4/h2H,1H2,(H2,8,10)(H,11,12). The zero-order valence-corrected chi connectivity index (χ0v) is 6.75. The quantitative estimate of drug-likeness (QED) is 0.697. The van der Waals surface area contributed by atoms with Gasteiger partial charge in [-0.3, -0.25) is 9.78 Å². The smallest absolute Gasteiger partial charge is 0.309 e. The van der Waals surface area contributed by atoms with Gasteiger partial charge in [0.15, 0.2) is 0 Å². The average Bonchev–Trinajstić information content (AvgIpc) is 1.94. The van der Waals surface area contributed by atoms with Crippen molar-refractivity contribution in [3.63, 3.8) is 0 Å². The molecule has 1 heterocycles. The molecule has 0 radical (unpaired) electrons. The third-order valence-electron chi connectivity index (χ3n) is 1.17. The molecule has 0 atom stereocenters. The maximum Gasteiger partial charge on any atom is 0.309 e. The van der Waals surface area contributed by atoms with Crippen LogP contribution in [0.1, 0.15) is 5.69 Å². The summed E-state index contributed by atoms with van der Waals surface area (Å²) in [5, 5.41) is 8.56. The van der Waals surface area contributed by atoms with Gasteiger partial charge in [-0.2, -0.15) is 0 Å². The van der Waals surface area contributed by atoms with Crippen molar-refractivity contribution >= 4 is 23.4 Å². The first-order chi connectivity index (χ1) is 5.59. The zero-order valence-electron chi connectivity index (χ0n) is 5.99. The van der Waals surface area contributed by atoms with Crippen LogP contribution in [0.5, 0.6) is 0 Å². The summed E-state index contributed by atoms with van der Waals surface area (Å²) in [5.41, 5.74) is 5.58. The first kappa shape index (κ1) is 8.73. The maximum atomic E-state index is 10.2. The summed E-state index contributed by atoms with van der Waals surface area (Å²) in [6.07, 6.45) is 1.02. The lowest BCUT2D eigenvalue weighted by Crippen LogP contribution is -2.07. The number of anilines is 1. The Morgan fingerprint density at radius 1 is 1.75 bits per heavy atom. The van der Waals surface area contributed by atoms with Gasteiger partial charge in [-0.15, -0.1) is 0 Å². The Morgan fingerprint density at radius 2 is 2.42 bits per heavy atom. The lowest BCUT2D eigenvalue weighted by molar-refractivity contribution is -0.136. The molecule has 0 aliphatic rings. The molecule has 0 bridgehead atoms. The minimum absolute atomic E-state index is 0.0601. The van der Waals surface area contributed by atoms with Crippen LogP contribution in [-0.4, -0.2) is 21.0 Å². The van der Waals surface area contributed by atoms with Gasteiger partial charge < -0.3 is 10.8 Å². The summed E-state index contributed by atoms with van der Waals surface area (Å²) in [6.45, 7) is 0. The molecule has 12 heavy (non-hydrogen) atoms. The van der Waals surface area contributed by atoms with Gasteiger partial charge in [0.25, 0.3) is 0 Å². The highest BCUT2D eigenvalue weighted by molar-refractivity contribution is 6.29. The summed E-state index contributed by atoms with van der Waals surface area (Å²) in [4.78, 5) is 17.6. The fraction of sp³-hybridized carbons (Fsp3) is 0.167. The van der Waals surface area contributed by atoms with Crippen LogP contribution >= 0.6 is 11.6 Å². The first-order valence-corrected chi connectivity index (χ1v) is 3.46. The summed E-state index contributed by atoms with van der Waals surface area (Å²) < 4.78 is 0. The number of nitrogen functional groups attached to an aromatic ring is 1. The normalized spacial score (nSPS) is 9.75. The number of hydrogen-bond acceptors (Lipinski definition) is 4. The molecule has 0 spiro atoms. The summed E-state index contributed by atoms with van der Waals surface area (Å²) in [6, 6.07) is 0. The molecule has 1 aromatic heterocycles. The van der Waals surface area contributed by atoms with Crippen molar-refractivity contribution in [1.29, 1.82) is 0 Å². The van der Waals surface area contributed by atoms with Gasteiger partial charge in [0.1, 0.15) is 11.0 Å². The summed E-state index contributed by atoms with van der Waals surface area (Å²) in [5.74, 6) is -0.941. The second kappa shape index (κ2) is 3.36. The topological polar surface area (TPSA) is 89.1 Å². The van der Waals surface area contributed by atoms with E-state index in [9.17, 15) is 4.79 Å². The maximum absolute atomic E-state index is 10.2. The van der Waals surface area contributed by atoms with Crippen LogP contribution in [0.2, 0.25) is 5.15 Å². The molecule has 1 rings (SSSR count). The zero-order chi connectivity index (χ0) is 9.14. The molecule has 3 N–H and O–H groups in total. The monoisotopic (exact) mass is 187 g/mol. The van der Waals surface area contributed by atoms with Crippen LogP contribution in [0.4, 0.5) is 5.82 Å². The van der Waals surface area contributed by atoms with Crippen LogP contribution in [0.3, 0.4) is 0 Å². The van der Waals surface area contributed by atoms with E-state index in [1.54, 1.807) is 0 Å². The molecule has 0 amide bonds. The Labute approximate surface area is 73.2 Å². The fourth-order valence-electron chi connectivity index (χ4n) is 0.685. The molecule has 0 aliphatic carbocycles. The van der Waals surface area contributed by atoms with Crippen LogP contribution in [-0.2, 0) is 11.2 Å². The van der Waals surface area contributed by atoms with Gasteiger partial charge in [-0.1, -0.05) is 11.6 Å². The third kappa shape index (κ3) is 2.06. The van der Waals surface area contributed by atoms with Gasteiger partial charge in [0.05, 0.1) is 18.3 Å². The van der Waals surface area contributed by atoms with Gasteiger partial charge in [0, 0.05) is 0 Å². The highest BCUT2D eigenvalue weighted by atomic mass is 35.5. The van der Waals surface area contributed by atoms with Crippen molar-refractivity contribution in [2.45, 2.75) is 6.42 Å². The molecule has 0 aliphatic heterocycles. The van der Waals surface area contributed by atoms with Crippen molar-refractivity contribution < 1.29 is 9.90 Å².